The topological polar surface area (TPSA) is 59.8 Å². The van der Waals surface area contributed by atoms with Gasteiger partial charge >= 0.3 is 0 Å². The van der Waals surface area contributed by atoms with E-state index < -0.39 is 0 Å². The van der Waals surface area contributed by atoms with Gasteiger partial charge in [-0.2, -0.15) is 5.10 Å². The minimum atomic E-state index is -0.257. The van der Waals surface area contributed by atoms with E-state index in [9.17, 15) is 4.79 Å². The summed E-state index contributed by atoms with van der Waals surface area (Å²) in [6.07, 6.45) is 3.18. The van der Waals surface area contributed by atoms with Gasteiger partial charge in [0.05, 0.1) is 23.1 Å². The first kappa shape index (κ1) is 16.5. The highest BCUT2D eigenvalue weighted by molar-refractivity contribution is 7.14. The number of thiazole rings is 1. The lowest BCUT2D eigenvalue weighted by Crippen LogP contribution is -2.10. The molecule has 0 aliphatic heterocycles. The minimum Gasteiger partial charge on any atom is -0.298 e. The van der Waals surface area contributed by atoms with Gasteiger partial charge in [0.25, 0.3) is 5.91 Å². The zero-order chi connectivity index (χ0) is 17.9. The Bertz CT molecular complexity index is 1060. The summed E-state index contributed by atoms with van der Waals surface area (Å²) in [6.45, 7) is 0. The van der Waals surface area contributed by atoms with Crippen LogP contribution in [0.4, 0.5) is 5.13 Å². The number of anilines is 1. The van der Waals surface area contributed by atoms with Crippen molar-refractivity contribution in [1.29, 1.82) is 0 Å². The summed E-state index contributed by atoms with van der Waals surface area (Å²) >= 11 is 7.38. The molecule has 4 aromatic rings. The van der Waals surface area contributed by atoms with Crippen molar-refractivity contribution in [2.45, 2.75) is 0 Å². The molecule has 2 heterocycles. The normalized spacial score (nSPS) is 10.7. The van der Waals surface area contributed by atoms with Crippen LogP contribution in [0.3, 0.4) is 0 Å². The molecule has 26 heavy (non-hydrogen) atoms. The second-order valence-corrected chi connectivity index (χ2v) is 6.81. The summed E-state index contributed by atoms with van der Waals surface area (Å²) in [7, 11) is 0. The van der Waals surface area contributed by atoms with Gasteiger partial charge in [0.2, 0.25) is 0 Å². The summed E-state index contributed by atoms with van der Waals surface area (Å²) in [6, 6.07) is 17.1. The molecule has 2 aromatic heterocycles. The second kappa shape index (κ2) is 7.11. The second-order valence-electron chi connectivity index (χ2n) is 5.51. The summed E-state index contributed by atoms with van der Waals surface area (Å²) in [4.78, 5) is 16.9. The van der Waals surface area contributed by atoms with Crippen molar-refractivity contribution in [3.8, 4) is 16.9 Å². The first-order chi connectivity index (χ1) is 12.7. The Morgan fingerprint density at radius 3 is 2.77 bits per heavy atom. The van der Waals surface area contributed by atoms with Crippen LogP contribution in [0.15, 0.2) is 72.4 Å². The maximum absolute atomic E-state index is 12.4. The third-order valence-electron chi connectivity index (χ3n) is 3.71. The predicted octanol–water partition coefficient (Wildman–Crippen LogP) is 4.90. The van der Waals surface area contributed by atoms with Gasteiger partial charge in [-0.05, 0) is 18.2 Å². The van der Waals surface area contributed by atoms with E-state index in [0.717, 1.165) is 16.9 Å². The molecule has 7 heteroatoms. The van der Waals surface area contributed by atoms with Crippen LogP contribution in [0.1, 0.15) is 10.4 Å². The number of nitrogens with zero attached hydrogens (tertiary/aromatic N) is 3. The summed E-state index contributed by atoms with van der Waals surface area (Å²) in [5.74, 6) is -0.257. The molecule has 0 aliphatic carbocycles. The average Bonchev–Trinajstić information content (AvgIpc) is 3.32. The van der Waals surface area contributed by atoms with E-state index in [1.165, 1.54) is 17.5 Å². The molecule has 5 nitrogen and oxygen atoms in total. The molecule has 0 saturated carbocycles. The highest BCUT2D eigenvalue weighted by Gasteiger charge is 2.12. The molecule has 0 radical (unpaired) electrons. The van der Waals surface area contributed by atoms with Crippen LogP contribution in [0.25, 0.3) is 16.9 Å². The molecule has 0 atom stereocenters. The van der Waals surface area contributed by atoms with Gasteiger partial charge in [-0.15, -0.1) is 11.3 Å². The third-order valence-corrected chi connectivity index (χ3v) is 4.70. The Labute approximate surface area is 158 Å². The first-order valence-corrected chi connectivity index (χ1v) is 9.08. The van der Waals surface area contributed by atoms with E-state index in [0.29, 0.717) is 15.7 Å². The Morgan fingerprint density at radius 2 is 1.96 bits per heavy atom. The minimum absolute atomic E-state index is 0.257. The van der Waals surface area contributed by atoms with Gasteiger partial charge in [-0.3, -0.25) is 10.1 Å². The van der Waals surface area contributed by atoms with Crippen LogP contribution < -0.4 is 5.32 Å². The number of aromatic nitrogens is 3. The highest BCUT2D eigenvalue weighted by atomic mass is 35.5. The molecule has 1 N–H and O–H groups in total. The molecule has 0 spiro atoms. The Hall–Kier alpha value is -2.96. The molecule has 128 valence electrons. The van der Waals surface area contributed by atoms with E-state index >= 15 is 0 Å². The number of amides is 1. The smallest absolute Gasteiger partial charge is 0.260 e. The third kappa shape index (κ3) is 3.51. The molecule has 1 amide bonds. The number of hydrogen-bond acceptors (Lipinski definition) is 4. The van der Waals surface area contributed by atoms with Crippen molar-refractivity contribution in [2.24, 2.45) is 0 Å². The molecule has 0 fully saturated rings. The molecule has 0 bridgehead atoms. The fraction of sp³-hybridized carbons (Fsp3) is 0. The predicted molar refractivity (Wildman–Crippen MR) is 104 cm³/mol. The van der Waals surface area contributed by atoms with E-state index in [1.54, 1.807) is 23.0 Å². The van der Waals surface area contributed by atoms with Gasteiger partial charge < -0.3 is 0 Å². The Morgan fingerprint density at radius 1 is 1.12 bits per heavy atom. The zero-order valence-corrected chi connectivity index (χ0v) is 15.0. The number of nitrogens with one attached hydrogen (secondary N) is 1. The summed E-state index contributed by atoms with van der Waals surface area (Å²) < 4.78 is 1.61. The molecular weight excluding hydrogens is 368 g/mol. The number of hydrogen-bond donors (Lipinski definition) is 1. The molecule has 0 saturated heterocycles. The van der Waals surface area contributed by atoms with Crippen LogP contribution in [0, 0.1) is 0 Å². The van der Waals surface area contributed by atoms with Crippen LogP contribution in [-0.2, 0) is 0 Å². The van der Waals surface area contributed by atoms with Crippen LogP contribution in [-0.4, -0.2) is 20.7 Å². The first-order valence-electron chi connectivity index (χ1n) is 7.82. The molecular formula is C19H13ClN4OS. The molecule has 0 unspecified atom stereocenters. The lowest BCUT2D eigenvalue weighted by atomic mass is 10.2. The van der Waals surface area contributed by atoms with Crippen molar-refractivity contribution < 1.29 is 4.79 Å². The maximum Gasteiger partial charge on any atom is 0.260 e. The standard InChI is InChI=1S/C19H13ClN4OS/c20-15-7-4-8-16(9-15)24-11-14(10-21-24)18(25)23-19-22-17(12-26-19)13-5-2-1-3-6-13/h1-12H,(H,22,23,25). The van der Waals surface area contributed by atoms with Crippen molar-refractivity contribution in [2.75, 3.05) is 5.32 Å². The van der Waals surface area contributed by atoms with Crippen molar-refractivity contribution in [1.82, 2.24) is 14.8 Å². The van der Waals surface area contributed by atoms with E-state index in [2.05, 4.69) is 15.4 Å². The number of benzene rings is 2. The van der Waals surface area contributed by atoms with Crippen LogP contribution >= 0.6 is 22.9 Å². The average molecular weight is 381 g/mol. The maximum atomic E-state index is 12.4. The van der Waals surface area contributed by atoms with E-state index in [1.807, 2.05) is 47.8 Å². The van der Waals surface area contributed by atoms with Crippen molar-refractivity contribution >= 4 is 34.0 Å². The SMILES string of the molecule is O=C(Nc1nc(-c2ccccc2)cs1)c1cnn(-c2cccc(Cl)c2)c1. The van der Waals surface area contributed by atoms with Crippen molar-refractivity contribution in [3.05, 3.63) is 83.0 Å². The number of halogens is 1. The Balaban J connectivity index is 1.50. The highest BCUT2D eigenvalue weighted by Crippen LogP contribution is 2.25. The summed E-state index contributed by atoms with van der Waals surface area (Å²) in [5.41, 5.74) is 3.08. The number of carbonyl (C=O) groups is 1. The number of carbonyl (C=O) groups excluding carboxylic acids is 1. The van der Waals surface area contributed by atoms with E-state index in [4.69, 9.17) is 11.6 Å². The van der Waals surface area contributed by atoms with E-state index in [-0.39, 0.29) is 5.91 Å². The quantitative estimate of drug-likeness (QED) is 0.547. The van der Waals surface area contributed by atoms with Gasteiger partial charge in [0, 0.05) is 22.2 Å². The van der Waals surface area contributed by atoms with Gasteiger partial charge in [-0.25, -0.2) is 9.67 Å². The molecule has 2 aromatic carbocycles. The monoisotopic (exact) mass is 380 g/mol. The largest absolute Gasteiger partial charge is 0.298 e. The van der Waals surface area contributed by atoms with Gasteiger partial charge in [0.1, 0.15) is 0 Å². The van der Waals surface area contributed by atoms with Crippen LogP contribution in [0.5, 0.6) is 0 Å². The fourth-order valence-electron chi connectivity index (χ4n) is 2.44. The lowest BCUT2D eigenvalue weighted by molar-refractivity contribution is 0.102. The Kier molecular flexibility index (Phi) is 4.51. The van der Waals surface area contributed by atoms with Gasteiger partial charge in [-0.1, -0.05) is 48.0 Å². The summed E-state index contributed by atoms with van der Waals surface area (Å²) in [5, 5.41) is 10.1. The molecule has 0 aliphatic rings. The van der Waals surface area contributed by atoms with Crippen molar-refractivity contribution in [3.63, 3.8) is 0 Å². The zero-order valence-electron chi connectivity index (χ0n) is 13.5. The lowest BCUT2D eigenvalue weighted by Gasteiger charge is -2.01. The van der Waals surface area contributed by atoms with Crippen LogP contribution in [0.2, 0.25) is 5.02 Å². The fourth-order valence-corrected chi connectivity index (χ4v) is 3.34. The van der Waals surface area contributed by atoms with Gasteiger partial charge in [0.15, 0.2) is 5.13 Å². The number of rotatable bonds is 4. The molecule has 4 rings (SSSR count).